The fourth-order valence-corrected chi connectivity index (χ4v) is 1.88. The summed E-state index contributed by atoms with van der Waals surface area (Å²) in [4.78, 5) is 0. The number of hydrogen-bond acceptors (Lipinski definition) is 2. The molecule has 0 spiro atoms. The van der Waals surface area contributed by atoms with Gasteiger partial charge in [0, 0.05) is 5.02 Å². The number of halogens is 1. The molecule has 1 N–H and O–H groups in total. The predicted octanol–water partition coefficient (Wildman–Crippen LogP) is 3.82. The summed E-state index contributed by atoms with van der Waals surface area (Å²) < 4.78 is 5.75. The van der Waals surface area contributed by atoms with Crippen LogP contribution in [0.3, 0.4) is 0 Å². The van der Waals surface area contributed by atoms with Crippen LogP contribution in [0.25, 0.3) is 11.1 Å². The third kappa shape index (κ3) is 4.13. The lowest BCUT2D eigenvalue weighted by Gasteiger charge is -2.37. The first-order valence-electron chi connectivity index (χ1n) is 7.28. The maximum atomic E-state index is 10.1. The van der Waals surface area contributed by atoms with Crippen molar-refractivity contribution in [3.8, 4) is 11.1 Å². The van der Waals surface area contributed by atoms with Crippen LogP contribution in [0.15, 0.2) is 48.5 Å². The number of rotatable bonds is 5. The number of aliphatic hydroxyl groups is 1. The summed E-state index contributed by atoms with van der Waals surface area (Å²) in [6, 6.07) is 15.8. The van der Waals surface area contributed by atoms with Crippen molar-refractivity contribution in [2.24, 2.45) is 0 Å². The standard InChI is InChI=1S/C18H21BClO2/c1-17(2,21)18(3,4)22-19-15-9-5-13(6-10-15)14-7-11-16(20)12-8-14/h5-12,21H,1-4H3. The minimum absolute atomic E-state index is 0.665. The third-order valence-electron chi connectivity index (χ3n) is 4.05. The van der Waals surface area contributed by atoms with Crippen molar-refractivity contribution in [2.75, 3.05) is 0 Å². The average molecular weight is 316 g/mol. The third-order valence-corrected chi connectivity index (χ3v) is 4.30. The Balaban J connectivity index is 2.05. The fourth-order valence-electron chi connectivity index (χ4n) is 1.76. The Bertz CT molecular complexity index is 613. The summed E-state index contributed by atoms with van der Waals surface area (Å²) in [6.45, 7) is 7.21. The maximum absolute atomic E-state index is 10.1. The molecule has 0 bridgehead atoms. The van der Waals surface area contributed by atoms with Crippen molar-refractivity contribution >= 4 is 24.5 Å². The summed E-state index contributed by atoms with van der Waals surface area (Å²) in [6.07, 6.45) is 0. The average Bonchev–Trinajstić information content (AvgIpc) is 2.45. The highest BCUT2D eigenvalue weighted by Gasteiger charge is 2.35. The Labute approximate surface area is 138 Å². The molecule has 115 valence electrons. The van der Waals surface area contributed by atoms with E-state index in [9.17, 15) is 5.11 Å². The Morgan fingerprint density at radius 3 is 1.77 bits per heavy atom. The highest BCUT2D eigenvalue weighted by Crippen LogP contribution is 2.24. The molecule has 0 aliphatic rings. The molecule has 0 saturated carbocycles. The van der Waals surface area contributed by atoms with Gasteiger partial charge in [-0.25, -0.2) is 0 Å². The molecule has 0 aliphatic carbocycles. The van der Waals surface area contributed by atoms with Crippen molar-refractivity contribution < 1.29 is 9.76 Å². The van der Waals surface area contributed by atoms with Gasteiger partial charge in [-0.15, -0.1) is 0 Å². The first kappa shape index (κ1) is 17.1. The van der Waals surface area contributed by atoms with Gasteiger partial charge < -0.3 is 9.76 Å². The molecule has 0 fully saturated rings. The summed E-state index contributed by atoms with van der Waals surface area (Å²) in [5, 5.41) is 10.8. The van der Waals surface area contributed by atoms with Crippen LogP contribution in [0.5, 0.6) is 0 Å². The van der Waals surface area contributed by atoms with E-state index < -0.39 is 11.2 Å². The zero-order valence-electron chi connectivity index (χ0n) is 13.4. The molecular formula is C18H21BClO2. The fraction of sp³-hybridized carbons (Fsp3) is 0.333. The Hall–Kier alpha value is -1.29. The van der Waals surface area contributed by atoms with Gasteiger partial charge in [0.15, 0.2) is 0 Å². The molecular weight excluding hydrogens is 294 g/mol. The molecule has 2 nitrogen and oxygen atoms in total. The molecule has 2 aromatic carbocycles. The SMILES string of the molecule is CC(C)(O)C(C)(C)O[B]c1ccc(-c2ccc(Cl)cc2)cc1. The lowest BCUT2D eigenvalue weighted by atomic mass is 9.82. The second kappa shape index (κ2) is 6.45. The summed E-state index contributed by atoms with van der Waals surface area (Å²) in [7, 11) is 1.68. The van der Waals surface area contributed by atoms with Gasteiger partial charge in [-0.3, -0.25) is 0 Å². The molecule has 0 atom stereocenters. The van der Waals surface area contributed by atoms with Crippen LogP contribution in [0.2, 0.25) is 5.02 Å². The Morgan fingerprint density at radius 2 is 1.32 bits per heavy atom. The molecule has 2 rings (SSSR count). The molecule has 0 unspecified atom stereocenters. The van der Waals surface area contributed by atoms with Gasteiger partial charge >= 0.3 is 7.48 Å². The maximum Gasteiger partial charge on any atom is 0.330 e. The summed E-state index contributed by atoms with van der Waals surface area (Å²) >= 11 is 5.90. The van der Waals surface area contributed by atoms with Gasteiger partial charge in [0.25, 0.3) is 0 Å². The van der Waals surface area contributed by atoms with Crippen LogP contribution >= 0.6 is 11.6 Å². The predicted molar refractivity (Wildman–Crippen MR) is 93.7 cm³/mol. The Kier molecular flexibility index (Phi) is 5.01. The second-order valence-electron chi connectivity index (χ2n) is 6.43. The highest BCUT2D eigenvalue weighted by molar-refractivity contribution is 6.47. The molecule has 2 aromatic rings. The van der Waals surface area contributed by atoms with Gasteiger partial charge in [0.1, 0.15) is 0 Å². The van der Waals surface area contributed by atoms with Crippen molar-refractivity contribution in [1.29, 1.82) is 0 Å². The highest BCUT2D eigenvalue weighted by atomic mass is 35.5. The van der Waals surface area contributed by atoms with E-state index in [0.717, 1.165) is 21.6 Å². The molecule has 0 saturated heterocycles. The van der Waals surface area contributed by atoms with Crippen molar-refractivity contribution in [1.82, 2.24) is 0 Å². The molecule has 4 heteroatoms. The lowest BCUT2D eigenvalue weighted by molar-refractivity contribution is -0.0893. The molecule has 22 heavy (non-hydrogen) atoms. The molecule has 0 heterocycles. The van der Waals surface area contributed by atoms with E-state index in [1.165, 1.54) is 0 Å². The van der Waals surface area contributed by atoms with Crippen LogP contribution in [0.1, 0.15) is 27.7 Å². The lowest BCUT2D eigenvalue weighted by Crippen LogP contribution is -2.49. The van der Waals surface area contributed by atoms with Gasteiger partial charge in [0.2, 0.25) is 0 Å². The van der Waals surface area contributed by atoms with E-state index in [1.807, 2.05) is 62.4 Å². The summed E-state index contributed by atoms with van der Waals surface area (Å²) in [5.74, 6) is 0. The van der Waals surface area contributed by atoms with Crippen molar-refractivity contribution in [3.05, 3.63) is 53.6 Å². The van der Waals surface area contributed by atoms with Crippen molar-refractivity contribution in [2.45, 2.75) is 38.9 Å². The largest absolute Gasteiger partial charge is 0.427 e. The summed E-state index contributed by atoms with van der Waals surface area (Å²) in [5.41, 5.74) is 1.61. The second-order valence-corrected chi connectivity index (χ2v) is 6.87. The van der Waals surface area contributed by atoms with Crippen molar-refractivity contribution in [3.63, 3.8) is 0 Å². The van der Waals surface area contributed by atoms with E-state index in [4.69, 9.17) is 16.3 Å². The monoisotopic (exact) mass is 315 g/mol. The van der Waals surface area contributed by atoms with Crippen LogP contribution in [0.4, 0.5) is 0 Å². The van der Waals surface area contributed by atoms with E-state index in [1.54, 1.807) is 21.3 Å². The number of hydrogen-bond donors (Lipinski definition) is 1. The first-order chi connectivity index (χ1) is 10.2. The molecule has 0 aromatic heterocycles. The van der Waals surface area contributed by atoms with Crippen LogP contribution < -0.4 is 5.46 Å². The normalized spacial score (nSPS) is 12.3. The molecule has 0 amide bonds. The van der Waals surface area contributed by atoms with E-state index in [0.29, 0.717) is 0 Å². The van der Waals surface area contributed by atoms with Gasteiger partial charge in [0.05, 0.1) is 11.2 Å². The minimum Gasteiger partial charge on any atom is -0.427 e. The molecule has 0 aliphatic heterocycles. The van der Waals surface area contributed by atoms with E-state index >= 15 is 0 Å². The molecule has 1 radical (unpaired) electrons. The topological polar surface area (TPSA) is 29.5 Å². The Morgan fingerprint density at radius 1 is 0.864 bits per heavy atom. The van der Waals surface area contributed by atoms with Crippen LogP contribution in [-0.4, -0.2) is 23.8 Å². The first-order valence-corrected chi connectivity index (χ1v) is 7.66. The number of benzene rings is 2. The van der Waals surface area contributed by atoms with E-state index in [-0.39, 0.29) is 0 Å². The van der Waals surface area contributed by atoms with Crippen LogP contribution in [-0.2, 0) is 4.65 Å². The van der Waals surface area contributed by atoms with Gasteiger partial charge in [-0.2, -0.15) is 0 Å². The van der Waals surface area contributed by atoms with Gasteiger partial charge in [-0.05, 0) is 51.0 Å². The zero-order chi connectivity index (χ0) is 16.4. The zero-order valence-corrected chi connectivity index (χ0v) is 14.2. The van der Waals surface area contributed by atoms with E-state index in [2.05, 4.69) is 0 Å². The van der Waals surface area contributed by atoms with Gasteiger partial charge in [-0.1, -0.05) is 53.5 Å². The minimum atomic E-state index is -0.924. The smallest absolute Gasteiger partial charge is 0.330 e. The van der Waals surface area contributed by atoms with Crippen LogP contribution in [0, 0.1) is 0 Å². The quantitative estimate of drug-likeness (QED) is 0.850.